The van der Waals surface area contributed by atoms with Gasteiger partial charge < -0.3 is 28.5 Å². The van der Waals surface area contributed by atoms with Gasteiger partial charge in [0.2, 0.25) is 12.6 Å². The highest BCUT2D eigenvalue weighted by molar-refractivity contribution is 6.14. The Bertz CT molecular complexity index is 1600. The molecule has 4 aromatic rings. The minimum Gasteiger partial charge on any atom is -0.463 e. The summed E-state index contributed by atoms with van der Waals surface area (Å²) < 4.78 is 23.0. The molecule has 1 fully saturated rings. The van der Waals surface area contributed by atoms with E-state index >= 15 is 0 Å². The van der Waals surface area contributed by atoms with E-state index in [0.29, 0.717) is 12.3 Å². The van der Waals surface area contributed by atoms with E-state index in [4.69, 9.17) is 13.9 Å². The van der Waals surface area contributed by atoms with Crippen molar-refractivity contribution < 1.29 is 33.0 Å². The van der Waals surface area contributed by atoms with Crippen LogP contribution >= 0.6 is 0 Å². The van der Waals surface area contributed by atoms with E-state index in [9.17, 15) is 14.4 Å². The Hall–Kier alpha value is -4.99. The van der Waals surface area contributed by atoms with Gasteiger partial charge in [0.05, 0.1) is 13.7 Å². The van der Waals surface area contributed by atoms with Crippen molar-refractivity contribution in [2.45, 2.75) is 13.1 Å². The number of para-hydroxylation sites is 1. The average Bonchev–Trinajstić information content (AvgIpc) is 3.69. The number of ether oxygens (including phenoxy) is 3. The summed E-state index contributed by atoms with van der Waals surface area (Å²) in [6, 6.07) is 16.1. The van der Waals surface area contributed by atoms with Crippen LogP contribution in [0.3, 0.4) is 0 Å². The van der Waals surface area contributed by atoms with Crippen molar-refractivity contribution in [2.75, 3.05) is 13.9 Å². The van der Waals surface area contributed by atoms with Crippen LogP contribution in [0.2, 0.25) is 0 Å². The first kappa shape index (κ1) is 22.5. The summed E-state index contributed by atoms with van der Waals surface area (Å²) in [7, 11) is 1.24. The number of esters is 1. The Kier molecular flexibility index (Phi) is 5.41. The Morgan fingerprint density at radius 1 is 1.05 bits per heavy atom. The predicted molar refractivity (Wildman–Crippen MR) is 131 cm³/mol. The minimum atomic E-state index is -0.638. The summed E-state index contributed by atoms with van der Waals surface area (Å²) in [5.41, 5.74) is 2.94. The molecule has 0 radical (unpaired) electrons. The summed E-state index contributed by atoms with van der Waals surface area (Å²) in [5, 5.41) is 3.58. The molecule has 0 saturated carbocycles. The van der Waals surface area contributed by atoms with Gasteiger partial charge in [-0.15, -0.1) is 0 Å². The zero-order chi connectivity index (χ0) is 25.5. The topological polar surface area (TPSA) is 112 Å². The molecule has 186 valence electrons. The Morgan fingerprint density at radius 2 is 1.89 bits per heavy atom. The zero-order valence-electron chi connectivity index (χ0n) is 19.7. The molecule has 0 bridgehead atoms. The summed E-state index contributed by atoms with van der Waals surface area (Å²) >= 11 is 0. The SMILES string of the molecule is COC(=O)c1ccc(CN2C(=O)N/C(=C\c3cn(Cc4ccc5c(c4)OCO5)c4ccccc34)C2=O)o1. The van der Waals surface area contributed by atoms with Gasteiger partial charge >= 0.3 is 12.0 Å². The number of fused-ring (bicyclic) bond motifs is 2. The van der Waals surface area contributed by atoms with Gasteiger partial charge in [0.15, 0.2) is 11.5 Å². The fourth-order valence-electron chi connectivity index (χ4n) is 4.46. The van der Waals surface area contributed by atoms with Crippen LogP contribution in [0.4, 0.5) is 4.79 Å². The number of furan rings is 1. The van der Waals surface area contributed by atoms with E-state index < -0.39 is 17.9 Å². The van der Waals surface area contributed by atoms with Crippen molar-refractivity contribution in [3.63, 3.8) is 0 Å². The lowest BCUT2D eigenvalue weighted by Crippen LogP contribution is -2.30. The molecule has 6 rings (SSSR count). The molecule has 0 spiro atoms. The normalized spacial score (nSPS) is 15.6. The highest BCUT2D eigenvalue weighted by atomic mass is 16.7. The van der Waals surface area contributed by atoms with Gasteiger partial charge in [-0.3, -0.25) is 9.69 Å². The number of rotatable bonds is 6. The van der Waals surface area contributed by atoms with Crippen LogP contribution in [0.25, 0.3) is 17.0 Å². The number of urea groups is 1. The average molecular weight is 499 g/mol. The van der Waals surface area contributed by atoms with Crippen molar-refractivity contribution in [2.24, 2.45) is 0 Å². The molecule has 0 aliphatic carbocycles. The van der Waals surface area contributed by atoms with E-state index in [2.05, 4.69) is 14.6 Å². The predicted octanol–water partition coefficient (Wildman–Crippen LogP) is 3.89. The lowest BCUT2D eigenvalue weighted by atomic mass is 10.1. The fraction of sp³-hybridized carbons (Fsp3) is 0.148. The summed E-state index contributed by atoms with van der Waals surface area (Å²) in [6.45, 7) is 0.671. The quantitative estimate of drug-likeness (QED) is 0.243. The molecule has 2 aromatic heterocycles. The van der Waals surface area contributed by atoms with Crippen LogP contribution in [-0.2, 0) is 22.6 Å². The number of hydrogen-bond acceptors (Lipinski definition) is 7. The second kappa shape index (κ2) is 8.90. The number of nitrogens with one attached hydrogen (secondary N) is 1. The van der Waals surface area contributed by atoms with Crippen molar-refractivity contribution >= 4 is 34.9 Å². The molecule has 0 unspecified atom stereocenters. The molecule has 2 aliphatic heterocycles. The molecule has 4 heterocycles. The third kappa shape index (κ3) is 4.08. The second-order valence-corrected chi connectivity index (χ2v) is 8.55. The molecule has 10 heteroatoms. The van der Waals surface area contributed by atoms with Gasteiger partial charge in [0.25, 0.3) is 5.91 Å². The number of carbonyl (C=O) groups is 3. The maximum absolute atomic E-state index is 13.1. The summed E-state index contributed by atoms with van der Waals surface area (Å²) in [6.07, 6.45) is 3.61. The van der Waals surface area contributed by atoms with Crippen LogP contribution in [0.15, 0.2) is 70.9 Å². The summed E-state index contributed by atoms with van der Waals surface area (Å²) in [4.78, 5) is 38.3. The number of methoxy groups -OCH3 is 1. The van der Waals surface area contributed by atoms with Gasteiger partial charge in [0.1, 0.15) is 11.5 Å². The van der Waals surface area contributed by atoms with Crippen LogP contribution in [0.1, 0.15) is 27.4 Å². The molecule has 2 aromatic carbocycles. The van der Waals surface area contributed by atoms with E-state index in [-0.39, 0.29) is 30.6 Å². The smallest absolute Gasteiger partial charge is 0.373 e. The molecule has 37 heavy (non-hydrogen) atoms. The van der Waals surface area contributed by atoms with E-state index in [1.165, 1.54) is 19.2 Å². The molecule has 1 saturated heterocycles. The fourth-order valence-corrected chi connectivity index (χ4v) is 4.46. The zero-order valence-corrected chi connectivity index (χ0v) is 19.7. The number of imide groups is 1. The van der Waals surface area contributed by atoms with Crippen molar-refractivity contribution in [1.82, 2.24) is 14.8 Å². The third-order valence-corrected chi connectivity index (χ3v) is 6.23. The molecule has 0 atom stereocenters. The minimum absolute atomic E-state index is 0.00408. The van der Waals surface area contributed by atoms with Crippen LogP contribution in [0, 0.1) is 0 Å². The molecule has 3 amide bonds. The number of aromatic nitrogens is 1. The third-order valence-electron chi connectivity index (χ3n) is 6.23. The Morgan fingerprint density at radius 3 is 2.76 bits per heavy atom. The van der Waals surface area contributed by atoms with Gasteiger partial charge in [-0.25, -0.2) is 9.59 Å². The van der Waals surface area contributed by atoms with Gasteiger partial charge in [-0.05, 0) is 42.0 Å². The Labute approximate surface area is 210 Å². The molecule has 2 aliphatic rings. The molecule has 1 N–H and O–H groups in total. The first-order valence-corrected chi connectivity index (χ1v) is 11.5. The molecular formula is C27H21N3O7. The number of carbonyl (C=O) groups excluding carboxylic acids is 3. The number of hydrogen-bond donors (Lipinski definition) is 1. The first-order valence-electron chi connectivity index (χ1n) is 11.5. The van der Waals surface area contributed by atoms with E-state index in [1.807, 2.05) is 48.7 Å². The highest BCUT2D eigenvalue weighted by Gasteiger charge is 2.34. The standard InChI is InChI=1S/C27H21N3O7/c1-34-26(32)23-9-7-18(37-23)14-30-25(31)20(28-27(30)33)11-17-13-29(21-5-3-2-4-19(17)21)12-16-6-8-22-24(10-16)36-15-35-22/h2-11,13H,12,14-15H2,1H3,(H,28,33)/b20-11-. The molecular weight excluding hydrogens is 478 g/mol. The van der Waals surface area contributed by atoms with Gasteiger partial charge in [-0.1, -0.05) is 24.3 Å². The highest BCUT2D eigenvalue weighted by Crippen LogP contribution is 2.33. The maximum Gasteiger partial charge on any atom is 0.373 e. The lowest BCUT2D eigenvalue weighted by molar-refractivity contribution is -0.123. The monoisotopic (exact) mass is 499 g/mol. The van der Waals surface area contributed by atoms with Gasteiger partial charge in [-0.2, -0.15) is 0 Å². The van der Waals surface area contributed by atoms with Crippen LogP contribution < -0.4 is 14.8 Å². The van der Waals surface area contributed by atoms with Crippen LogP contribution in [0.5, 0.6) is 11.5 Å². The van der Waals surface area contributed by atoms with Crippen molar-refractivity contribution in [1.29, 1.82) is 0 Å². The molecule has 10 nitrogen and oxygen atoms in total. The van der Waals surface area contributed by atoms with Gasteiger partial charge in [0, 0.05) is 29.2 Å². The largest absolute Gasteiger partial charge is 0.463 e. The van der Waals surface area contributed by atoms with E-state index in [1.54, 1.807) is 6.08 Å². The maximum atomic E-state index is 13.1. The second-order valence-electron chi connectivity index (χ2n) is 8.55. The van der Waals surface area contributed by atoms with Crippen LogP contribution in [-0.4, -0.2) is 41.3 Å². The number of benzene rings is 2. The Balaban J connectivity index is 1.27. The number of amides is 3. The lowest BCUT2D eigenvalue weighted by Gasteiger charge is -2.09. The van der Waals surface area contributed by atoms with Crippen molar-refractivity contribution in [3.8, 4) is 11.5 Å². The van der Waals surface area contributed by atoms with E-state index in [0.717, 1.165) is 32.7 Å². The summed E-state index contributed by atoms with van der Waals surface area (Å²) in [5.74, 6) is 0.587. The first-order chi connectivity index (χ1) is 18.0. The van der Waals surface area contributed by atoms with Crippen molar-refractivity contribution in [3.05, 3.63) is 89.1 Å². The number of nitrogens with zero attached hydrogens (tertiary/aromatic N) is 2.